The zero-order valence-corrected chi connectivity index (χ0v) is 18.0. The van der Waals surface area contributed by atoms with Crippen molar-refractivity contribution < 1.29 is 8.81 Å². The number of hydrogen-bond donors (Lipinski definition) is 1. The Hall–Kier alpha value is -3.24. The number of aromatic nitrogens is 5. The lowest BCUT2D eigenvalue weighted by Crippen LogP contribution is -2.11. The fourth-order valence-electron chi connectivity index (χ4n) is 3.31. The second-order valence-electron chi connectivity index (χ2n) is 6.67. The largest absolute Gasteiger partial charge is 0.461 e. The third-order valence-corrected chi connectivity index (χ3v) is 6.61. The van der Waals surface area contributed by atoms with E-state index in [1.54, 1.807) is 18.4 Å². The predicted molar refractivity (Wildman–Crippen MR) is 119 cm³/mol. The molecule has 0 aliphatic carbocycles. The zero-order chi connectivity index (χ0) is 21.4. The summed E-state index contributed by atoms with van der Waals surface area (Å²) < 4.78 is 20.6. The number of nitrogens with one attached hydrogen (secondary N) is 1. The van der Waals surface area contributed by atoms with Crippen molar-refractivity contribution in [2.75, 3.05) is 0 Å². The molecule has 7 nitrogen and oxygen atoms in total. The average molecular weight is 454 g/mol. The highest BCUT2D eigenvalue weighted by Crippen LogP contribution is 2.31. The van der Waals surface area contributed by atoms with Crippen molar-refractivity contribution in [1.82, 2.24) is 24.7 Å². The molecule has 1 aromatic carbocycles. The zero-order valence-electron chi connectivity index (χ0n) is 16.3. The number of halogens is 1. The number of hydrogen-bond acceptors (Lipinski definition) is 7. The van der Waals surface area contributed by atoms with E-state index in [0.717, 1.165) is 16.3 Å². The number of thioether (sulfide) groups is 1. The Bertz CT molecular complexity index is 1400. The first-order valence-corrected chi connectivity index (χ1v) is 11.4. The van der Waals surface area contributed by atoms with Gasteiger partial charge in [0.15, 0.2) is 16.7 Å². The van der Waals surface area contributed by atoms with Crippen LogP contribution in [0.1, 0.15) is 12.7 Å². The van der Waals surface area contributed by atoms with Crippen molar-refractivity contribution in [3.05, 3.63) is 70.0 Å². The highest BCUT2D eigenvalue weighted by molar-refractivity contribution is 7.98. The summed E-state index contributed by atoms with van der Waals surface area (Å²) in [6.45, 7) is 2.69. The number of rotatable bonds is 6. The molecule has 0 bridgehead atoms. The van der Waals surface area contributed by atoms with Gasteiger partial charge in [0.1, 0.15) is 16.5 Å². The lowest BCUT2D eigenvalue weighted by Gasteiger charge is -2.06. The van der Waals surface area contributed by atoms with Gasteiger partial charge in [0.25, 0.3) is 5.56 Å². The Kier molecular flexibility index (Phi) is 5.16. The minimum absolute atomic E-state index is 0.214. The lowest BCUT2D eigenvalue weighted by molar-refractivity contribution is 0.567. The highest BCUT2D eigenvalue weighted by atomic mass is 32.2. The monoisotopic (exact) mass is 453 g/mol. The maximum absolute atomic E-state index is 13.2. The van der Waals surface area contributed by atoms with Gasteiger partial charge < -0.3 is 9.40 Å². The first-order chi connectivity index (χ1) is 15.1. The van der Waals surface area contributed by atoms with Crippen molar-refractivity contribution in [2.45, 2.75) is 24.4 Å². The van der Waals surface area contributed by atoms with Gasteiger partial charge in [0, 0.05) is 17.5 Å². The van der Waals surface area contributed by atoms with E-state index in [1.807, 2.05) is 29.0 Å². The molecule has 1 N–H and O–H groups in total. The van der Waals surface area contributed by atoms with Crippen LogP contribution in [0.2, 0.25) is 0 Å². The number of H-pyrrole nitrogens is 1. The summed E-state index contributed by atoms with van der Waals surface area (Å²) in [6, 6.07) is 9.73. The second-order valence-corrected chi connectivity index (χ2v) is 8.47. The van der Waals surface area contributed by atoms with Gasteiger partial charge in [-0.2, -0.15) is 0 Å². The number of benzene rings is 1. The first kappa shape index (κ1) is 19.7. The van der Waals surface area contributed by atoms with Crippen molar-refractivity contribution in [3.8, 4) is 22.7 Å². The van der Waals surface area contributed by atoms with Gasteiger partial charge in [0.05, 0.1) is 17.4 Å². The van der Waals surface area contributed by atoms with Crippen LogP contribution in [-0.4, -0.2) is 24.7 Å². The highest BCUT2D eigenvalue weighted by Gasteiger charge is 2.17. The molecule has 0 aliphatic rings. The summed E-state index contributed by atoms with van der Waals surface area (Å²) in [5, 5.41) is 11.6. The molecule has 0 amide bonds. The van der Waals surface area contributed by atoms with Gasteiger partial charge in [-0.15, -0.1) is 21.5 Å². The molecule has 0 radical (unpaired) electrons. The van der Waals surface area contributed by atoms with Gasteiger partial charge in [-0.1, -0.05) is 23.9 Å². The minimum atomic E-state index is -0.315. The molecule has 0 saturated carbocycles. The molecule has 4 aromatic heterocycles. The fourth-order valence-corrected chi connectivity index (χ4v) is 5.14. The Morgan fingerprint density at radius 1 is 1.23 bits per heavy atom. The van der Waals surface area contributed by atoms with Crippen molar-refractivity contribution in [2.24, 2.45) is 0 Å². The Labute approximate surface area is 184 Å². The van der Waals surface area contributed by atoms with Crippen molar-refractivity contribution in [3.63, 3.8) is 0 Å². The smallest absolute Gasteiger partial charge is 0.260 e. The summed E-state index contributed by atoms with van der Waals surface area (Å²) in [5.74, 6) is 1.99. The minimum Gasteiger partial charge on any atom is -0.461 e. The van der Waals surface area contributed by atoms with Crippen LogP contribution in [0.4, 0.5) is 4.39 Å². The van der Waals surface area contributed by atoms with Gasteiger partial charge in [-0.3, -0.25) is 9.36 Å². The molecule has 0 fully saturated rings. The Morgan fingerprint density at radius 2 is 2.06 bits per heavy atom. The molecule has 0 saturated heterocycles. The summed E-state index contributed by atoms with van der Waals surface area (Å²) in [5.41, 5.74) is 1.32. The van der Waals surface area contributed by atoms with Crippen molar-refractivity contribution in [1.29, 1.82) is 0 Å². The molecule has 156 valence electrons. The third kappa shape index (κ3) is 3.68. The normalized spacial score (nSPS) is 11.4. The molecule has 0 unspecified atom stereocenters. The van der Waals surface area contributed by atoms with Crippen LogP contribution < -0.4 is 5.56 Å². The summed E-state index contributed by atoms with van der Waals surface area (Å²) in [6.07, 6.45) is 1.60. The summed E-state index contributed by atoms with van der Waals surface area (Å²) >= 11 is 2.84. The van der Waals surface area contributed by atoms with E-state index >= 15 is 0 Å². The van der Waals surface area contributed by atoms with Crippen molar-refractivity contribution >= 4 is 33.3 Å². The maximum Gasteiger partial charge on any atom is 0.260 e. The van der Waals surface area contributed by atoms with Crippen LogP contribution in [0.15, 0.2) is 62.4 Å². The number of aromatic amines is 1. The quantitative estimate of drug-likeness (QED) is 0.366. The first-order valence-electron chi connectivity index (χ1n) is 9.50. The average Bonchev–Trinajstić information content (AvgIpc) is 3.51. The number of furan rings is 1. The fraction of sp³-hybridized carbons (Fsp3) is 0.143. The second kappa shape index (κ2) is 8.12. The van der Waals surface area contributed by atoms with E-state index in [4.69, 9.17) is 4.42 Å². The standard InChI is InChI=1S/C21H16FN5O2S2/c1-2-27-18(15-4-3-9-29-15)25-26-21(27)31-11-16-23-19(28)17-14(10-30-20(17)24-16)12-5-7-13(22)8-6-12/h3-10H,2,11H2,1H3,(H,23,24,28). The topological polar surface area (TPSA) is 89.6 Å². The van der Waals surface area contributed by atoms with Gasteiger partial charge in [0.2, 0.25) is 0 Å². The van der Waals surface area contributed by atoms with E-state index in [1.165, 1.54) is 35.2 Å². The molecule has 0 spiro atoms. The number of thiophene rings is 1. The number of fused-ring (bicyclic) bond motifs is 1. The van der Waals surface area contributed by atoms with Gasteiger partial charge in [-0.05, 0) is 36.8 Å². The van der Waals surface area contributed by atoms with Crippen LogP contribution in [-0.2, 0) is 12.3 Å². The van der Waals surface area contributed by atoms with Crippen LogP contribution >= 0.6 is 23.1 Å². The van der Waals surface area contributed by atoms with Gasteiger partial charge in [-0.25, -0.2) is 9.37 Å². The molecule has 5 rings (SSSR count). The number of nitrogens with zero attached hydrogens (tertiary/aromatic N) is 4. The molecule has 5 aromatic rings. The third-order valence-electron chi connectivity index (χ3n) is 4.76. The van der Waals surface area contributed by atoms with Crippen LogP contribution in [0, 0.1) is 5.82 Å². The Morgan fingerprint density at radius 3 is 2.81 bits per heavy atom. The molecule has 0 atom stereocenters. The molecular formula is C21H16FN5O2S2. The molecule has 31 heavy (non-hydrogen) atoms. The summed E-state index contributed by atoms with van der Waals surface area (Å²) in [4.78, 5) is 20.9. The molecule has 10 heteroatoms. The van der Waals surface area contributed by atoms with Crippen LogP contribution in [0.25, 0.3) is 32.9 Å². The van der Waals surface area contributed by atoms with E-state index in [0.29, 0.717) is 39.9 Å². The van der Waals surface area contributed by atoms with Crippen LogP contribution in [0.3, 0.4) is 0 Å². The van der Waals surface area contributed by atoms with E-state index in [2.05, 4.69) is 20.2 Å². The van der Waals surface area contributed by atoms with Crippen LogP contribution in [0.5, 0.6) is 0 Å². The maximum atomic E-state index is 13.2. The predicted octanol–water partition coefficient (Wildman–Crippen LogP) is 4.95. The SMILES string of the molecule is CCn1c(SCc2nc3scc(-c4ccc(F)cc4)c3c(=O)[nH]2)nnc1-c1ccco1. The molecule has 0 aliphatic heterocycles. The van der Waals surface area contributed by atoms with E-state index < -0.39 is 0 Å². The van der Waals surface area contributed by atoms with E-state index in [9.17, 15) is 9.18 Å². The van der Waals surface area contributed by atoms with Gasteiger partial charge >= 0.3 is 0 Å². The van der Waals surface area contributed by atoms with E-state index in [-0.39, 0.29) is 11.4 Å². The molecular weight excluding hydrogens is 437 g/mol. The molecule has 4 heterocycles. The lowest BCUT2D eigenvalue weighted by atomic mass is 10.1. The Balaban J connectivity index is 1.42. The summed E-state index contributed by atoms with van der Waals surface area (Å²) in [7, 11) is 0.